The Bertz CT molecular complexity index is 558. The fourth-order valence-electron chi connectivity index (χ4n) is 1.90. The summed E-state index contributed by atoms with van der Waals surface area (Å²) in [6.07, 6.45) is 0.0266. The zero-order chi connectivity index (χ0) is 14.4. The van der Waals surface area contributed by atoms with Gasteiger partial charge in [-0.25, -0.2) is 0 Å². The minimum Gasteiger partial charge on any atom is -0.497 e. The molecule has 0 aliphatic heterocycles. The van der Waals surface area contributed by atoms with E-state index in [1.165, 1.54) is 0 Å². The molecule has 0 bridgehead atoms. The number of benzene rings is 2. The Morgan fingerprint density at radius 2 is 1.90 bits per heavy atom. The SMILES string of the molecule is COc1cccc(COC(CBr)c2cccc(Br)c2)c1. The second-order valence-corrected chi connectivity index (χ2v) is 5.92. The van der Waals surface area contributed by atoms with Gasteiger partial charge in [0.1, 0.15) is 5.75 Å². The van der Waals surface area contributed by atoms with Gasteiger partial charge in [0.2, 0.25) is 0 Å². The van der Waals surface area contributed by atoms with Gasteiger partial charge in [-0.2, -0.15) is 0 Å². The monoisotopic (exact) mass is 398 g/mol. The fraction of sp³-hybridized carbons (Fsp3) is 0.250. The summed E-state index contributed by atoms with van der Waals surface area (Å²) in [4.78, 5) is 0. The molecule has 0 saturated heterocycles. The van der Waals surface area contributed by atoms with Gasteiger partial charge < -0.3 is 9.47 Å². The van der Waals surface area contributed by atoms with Gasteiger partial charge in [-0.3, -0.25) is 0 Å². The van der Waals surface area contributed by atoms with Gasteiger partial charge in [-0.05, 0) is 35.4 Å². The first kappa shape index (κ1) is 15.5. The summed E-state index contributed by atoms with van der Waals surface area (Å²) in [7, 11) is 1.67. The Morgan fingerprint density at radius 3 is 2.60 bits per heavy atom. The molecule has 0 N–H and O–H groups in total. The molecule has 20 heavy (non-hydrogen) atoms. The smallest absolute Gasteiger partial charge is 0.119 e. The molecule has 0 aromatic heterocycles. The van der Waals surface area contributed by atoms with Gasteiger partial charge in [-0.15, -0.1) is 0 Å². The highest BCUT2D eigenvalue weighted by Crippen LogP contribution is 2.24. The third-order valence-corrected chi connectivity index (χ3v) is 4.03. The minimum atomic E-state index is 0.0266. The van der Waals surface area contributed by atoms with Gasteiger partial charge in [0, 0.05) is 9.80 Å². The molecule has 2 nitrogen and oxygen atoms in total. The van der Waals surface area contributed by atoms with Crippen molar-refractivity contribution in [3.63, 3.8) is 0 Å². The van der Waals surface area contributed by atoms with Crippen LogP contribution in [0.2, 0.25) is 0 Å². The van der Waals surface area contributed by atoms with Crippen LogP contribution in [0.1, 0.15) is 17.2 Å². The first-order chi connectivity index (χ1) is 9.72. The first-order valence-corrected chi connectivity index (χ1v) is 8.20. The third-order valence-electron chi connectivity index (χ3n) is 2.95. The van der Waals surface area contributed by atoms with Gasteiger partial charge in [0.25, 0.3) is 0 Å². The lowest BCUT2D eigenvalue weighted by molar-refractivity contribution is 0.0564. The van der Waals surface area contributed by atoms with E-state index in [0.717, 1.165) is 26.7 Å². The van der Waals surface area contributed by atoms with Crippen molar-refractivity contribution in [2.75, 3.05) is 12.4 Å². The molecule has 0 saturated carbocycles. The van der Waals surface area contributed by atoms with Gasteiger partial charge >= 0.3 is 0 Å². The molecule has 0 aliphatic carbocycles. The van der Waals surface area contributed by atoms with Gasteiger partial charge in [0.05, 0.1) is 19.8 Å². The fourth-order valence-corrected chi connectivity index (χ4v) is 2.87. The number of alkyl halides is 1. The van der Waals surface area contributed by atoms with Crippen molar-refractivity contribution in [2.24, 2.45) is 0 Å². The number of hydrogen-bond acceptors (Lipinski definition) is 2. The predicted molar refractivity (Wildman–Crippen MR) is 88.5 cm³/mol. The van der Waals surface area contributed by atoms with Crippen molar-refractivity contribution in [1.82, 2.24) is 0 Å². The Labute approximate surface area is 136 Å². The molecule has 0 fully saturated rings. The van der Waals surface area contributed by atoms with Crippen LogP contribution in [0.25, 0.3) is 0 Å². The molecule has 4 heteroatoms. The van der Waals surface area contributed by atoms with Crippen LogP contribution in [0.15, 0.2) is 53.0 Å². The molecule has 0 radical (unpaired) electrons. The van der Waals surface area contributed by atoms with Crippen molar-refractivity contribution in [2.45, 2.75) is 12.7 Å². The Kier molecular flexibility index (Phi) is 6.07. The minimum absolute atomic E-state index is 0.0266. The van der Waals surface area contributed by atoms with Crippen molar-refractivity contribution in [3.8, 4) is 5.75 Å². The third kappa shape index (κ3) is 4.33. The molecular weight excluding hydrogens is 384 g/mol. The topological polar surface area (TPSA) is 18.5 Å². The molecule has 2 aromatic rings. The molecular formula is C16H16Br2O2. The molecule has 1 unspecified atom stereocenters. The summed E-state index contributed by atoms with van der Waals surface area (Å²) < 4.78 is 12.3. The maximum absolute atomic E-state index is 5.99. The van der Waals surface area contributed by atoms with Crippen LogP contribution in [0.3, 0.4) is 0 Å². The van der Waals surface area contributed by atoms with Crippen LogP contribution in [0.5, 0.6) is 5.75 Å². The Balaban J connectivity index is 2.03. The first-order valence-electron chi connectivity index (χ1n) is 6.29. The molecule has 0 spiro atoms. The lowest BCUT2D eigenvalue weighted by Gasteiger charge is -2.16. The quantitative estimate of drug-likeness (QED) is 0.628. The van der Waals surface area contributed by atoms with E-state index in [2.05, 4.69) is 44.0 Å². The van der Waals surface area contributed by atoms with Crippen molar-refractivity contribution < 1.29 is 9.47 Å². The second kappa shape index (κ2) is 7.81. The molecule has 0 amide bonds. The number of halogens is 2. The highest BCUT2D eigenvalue weighted by Gasteiger charge is 2.11. The standard InChI is InChI=1S/C16H16Br2O2/c1-19-15-7-2-4-12(8-15)11-20-16(10-17)13-5-3-6-14(18)9-13/h2-9,16H,10-11H2,1H3. The highest BCUT2D eigenvalue weighted by atomic mass is 79.9. The predicted octanol–water partition coefficient (Wildman–Crippen LogP) is 5.11. The number of hydrogen-bond donors (Lipinski definition) is 0. The van der Waals surface area contributed by atoms with Crippen molar-refractivity contribution in [3.05, 3.63) is 64.1 Å². The van der Waals surface area contributed by atoms with E-state index in [4.69, 9.17) is 9.47 Å². The number of methoxy groups -OCH3 is 1. The van der Waals surface area contributed by atoms with E-state index in [-0.39, 0.29) is 6.10 Å². The Hall–Kier alpha value is -0.840. The largest absolute Gasteiger partial charge is 0.497 e. The normalized spacial score (nSPS) is 12.2. The van der Waals surface area contributed by atoms with Crippen LogP contribution >= 0.6 is 31.9 Å². The van der Waals surface area contributed by atoms with E-state index in [0.29, 0.717) is 6.61 Å². The molecule has 0 aliphatic rings. The zero-order valence-corrected chi connectivity index (χ0v) is 14.4. The number of ether oxygens (including phenoxy) is 2. The maximum atomic E-state index is 5.99. The average Bonchev–Trinajstić information content (AvgIpc) is 2.48. The van der Waals surface area contributed by atoms with Crippen LogP contribution < -0.4 is 4.74 Å². The molecule has 2 aromatic carbocycles. The summed E-state index contributed by atoms with van der Waals surface area (Å²) >= 11 is 7.00. The number of rotatable bonds is 6. The molecule has 0 heterocycles. The van der Waals surface area contributed by atoms with E-state index in [1.807, 2.05) is 36.4 Å². The van der Waals surface area contributed by atoms with E-state index in [1.54, 1.807) is 7.11 Å². The molecule has 106 valence electrons. The van der Waals surface area contributed by atoms with Crippen LogP contribution in [0.4, 0.5) is 0 Å². The van der Waals surface area contributed by atoms with Crippen LogP contribution in [-0.4, -0.2) is 12.4 Å². The van der Waals surface area contributed by atoms with E-state index < -0.39 is 0 Å². The van der Waals surface area contributed by atoms with Crippen LogP contribution in [-0.2, 0) is 11.3 Å². The van der Waals surface area contributed by atoms with Crippen LogP contribution in [0, 0.1) is 0 Å². The Morgan fingerprint density at radius 1 is 1.10 bits per heavy atom. The molecule has 1 atom stereocenters. The van der Waals surface area contributed by atoms with Crippen molar-refractivity contribution in [1.29, 1.82) is 0 Å². The second-order valence-electron chi connectivity index (χ2n) is 4.36. The summed E-state index contributed by atoms with van der Waals surface area (Å²) in [5, 5.41) is 0.757. The summed E-state index contributed by atoms with van der Waals surface area (Å²) in [5.74, 6) is 0.851. The summed E-state index contributed by atoms with van der Waals surface area (Å²) in [6.45, 7) is 0.556. The van der Waals surface area contributed by atoms with E-state index in [9.17, 15) is 0 Å². The summed E-state index contributed by atoms with van der Waals surface area (Å²) in [5.41, 5.74) is 2.25. The lowest BCUT2D eigenvalue weighted by Crippen LogP contribution is -2.06. The highest BCUT2D eigenvalue weighted by molar-refractivity contribution is 9.10. The molecule has 2 rings (SSSR count). The lowest BCUT2D eigenvalue weighted by atomic mass is 10.1. The average molecular weight is 400 g/mol. The zero-order valence-electron chi connectivity index (χ0n) is 11.2. The van der Waals surface area contributed by atoms with Gasteiger partial charge in [-0.1, -0.05) is 56.1 Å². The van der Waals surface area contributed by atoms with Gasteiger partial charge in [0.15, 0.2) is 0 Å². The van der Waals surface area contributed by atoms with E-state index >= 15 is 0 Å². The maximum Gasteiger partial charge on any atom is 0.119 e. The summed E-state index contributed by atoms with van der Waals surface area (Å²) in [6, 6.07) is 16.1. The van der Waals surface area contributed by atoms with Crippen molar-refractivity contribution >= 4 is 31.9 Å².